The summed E-state index contributed by atoms with van der Waals surface area (Å²) < 4.78 is 5.74. The quantitative estimate of drug-likeness (QED) is 0.629. The molecule has 0 saturated heterocycles. The molecule has 0 amide bonds. The molecule has 1 aliphatic carbocycles. The Kier molecular flexibility index (Phi) is 6.10. The monoisotopic (exact) mass is 289 g/mol. The number of ether oxygens (including phenoxy) is 1. The van der Waals surface area contributed by atoms with Crippen LogP contribution >= 0.6 is 0 Å². The third kappa shape index (κ3) is 5.70. The van der Waals surface area contributed by atoms with E-state index in [1.54, 1.807) is 0 Å². The van der Waals surface area contributed by atoms with Gasteiger partial charge in [-0.15, -0.1) is 0 Å². The maximum Gasteiger partial charge on any atom is 0.119 e. The van der Waals surface area contributed by atoms with Crippen molar-refractivity contribution in [3.8, 4) is 5.75 Å². The molecule has 0 spiro atoms. The minimum atomic E-state index is 0.464. The fourth-order valence-electron chi connectivity index (χ4n) is 3.32. The lowest BCUT2D eigenvalue weighted by atomic mass is 9.76. The predicted octanol–water partition coefficient (Wildman–Crippen LogP) is 4.65. The largest absolute Gasteiger partial charge is 0.492 e. The fraction of sp³-hybridized carbons (Fsp3) is 0.684. The zero-order chi connectivity index (χ0) is 15.1. The van der Waals surface area contributed by atoms with Crippen LogP contribution in [0.25, 0.3) is 0 Å². The molecule has 2 heteroatoms. The normalized spacial score (nSPS) is 23.6. The summed E-state index contributed by atoms with van der Waals surface area (Å²) in [6, 6.07) is 10.7. The van der Waals surface area contributed by atoms with Gasteiger partial charge in [-0.05, 0) is 49.1 Å². The van der Waals surface area contributed by atoms with Crippen LogP contribution in [0, 0.1) is 11.3 Å². The van der Waals surface area contributed by atoms with Crippen LogP contribution in [0.4, 0.5) is 0 Å². The molecular formula is C19H31NO. The fourth-order valence-corrected chi connectivity index (χ4v) is 3.32. The standard InChI is InChI=1S/C19H31NO/c1-19(2,3)16-8-7-9-17(13-12-16)20-14-15-21-18-10-5-4-6-11-18/h4-6,10-11,16-17,20H,7-9,12-15H2,1-3H3. The molecule has 2 rings (SSSR count). The molecule has 1 N–H and O–H groups in total. The Bertz CT molecular complexity index is 396. The van der Waals surface area contributed by atoms with Crippen molar-refractivity contribution < 1.29 is 4.74 Å². The van der Waals surface area contributed by atoms with Crippen LogP contribution in [0.5, 0.6) is 5.75 Å². The Labute approximate surface area is 130 Å². The van der Waals surface area contributed by atoms with Gasteiger partial charge in [0.15, 0.2) is 0 Å². The van der Waals surface area contributed by atoms with Crippen LogP contribution in [-0.4, -0.2) is 19.2 Å². The van der Waals surface area contributed by atoms with Crippen molar-refractivity contribution in [3.63, 3.8) is 0 Å². The maximum absolute atomic E-state index is 5.74. The Morgan fingerprint density at radius 1 is 1.05 bits per heavy atom. The van der Waals surface area contributed by atoms with Gasteiger partial charge in [-0.2, -0.15) is 0 Å². The van der Waals surface area contributed by atoms with E-state index in [1.807, 2.05) is 30.3 Å². The average Bonchev–Trinajstić information content (AvgIpc) is 2.70. The summed E-state index contributed by atoms with van der Waals surface area (Å²) in [7, 11) is 0. The SMILES string of the molecule is CC(C)(C)C1CCCC(NCCOc2ccccc2)CC1. The molecule has 1 aromatic rings. The molecule has 2 unspecified atom stereocenters. The molecule has 21 heavy (non-hydrogen) atoms. The smallest absolute Gasteiger partial charge is 0.119 e. The molecule has 1 aromatic carbocycles. The number of hydrogen-bond donors (Lipinski definition) is 1. The van der Waals surface area contributed by atoms with Gasteiger partial charge in [0, 0.05) is 12.6 Å². The van der Waals surface area contributed by atoms with Gasteiger partial charge in [0.25, 0.3) is 0 Å². The molecule has 2 nitrogen and oxygen atoms in total. The summed E-state index contributed by atoms with van der Waals surface area (Å²) >= 11 is 0. The molecule has 0 aromatic heterocycles. The van der Waals surface area contributed by atoms with E-state index in [0.29, 0.717) is 11.5 Å². The van der Waals surface area contributed by atoms with Gasteiger partial charge >= 0.3 is 0 Å². The van der Waals surface area contributed by atoms with Gasteiger partial charge in [-0.1, -0.05) is 45.4 Å². The van der Waals surface area contributed by atoms with Crippen molar-refractivity contribution in [2.75, 3.05) is 13.2 Å². The number of nitrogens with one attached hydrogen (secondary N) is 1. The van der Waals surface area contributed by atoms with Crippen molar-refractivity contribution in [1.82, 2.24) is 5.32 Å². The van der Waals surface area contributed by atoms with Crippen LogP contribution in [0.1, 0.15) is 52.9 Å². The summed E-state index contributed by atoms with van der Waals surface area (Å²) in [5.74, 6) is 1.85. The Morgan fingerprint density at radius 3 is 2.52 bits per heavy atom. The van der Waals surface area contributed by atoms with E-state index < -0.39 is 0 Å². The van der Waals surface area contributed by atoms with Crippen LogP contribution in [0.15, 0.2) is 30.3 Å². The highest BCUT2D eigenvalue weighted by Crippen LogP contribution is 2.36. The van der Waals surface area contributed by atoms with Gasteiger partial charge in [0.1, 0.15) is 12.4 Å². The van der Waals surface area contributed by atoms with E-state index in [0.717, 1.165) is 24.8 Å². The molecule has 118 valence electrons. The third-order valence-corrected chi connectivity index (χ3v) is 4.74. The first-order valence-electron chi connectivity index (χ1n) is 8.47. The van der Waals surface area contributed by atoms with Crippen LogP contribution in [0.3, 0.4) is 0 Å². The topological polar surface area (TPSA) is 21.3 Å². The molecule has 0 bridgehead atoms. The molecule has 1 saturated carbocycles. The second-order valence-electron chi connectivity index (χ2n) is 7.38. The number of hydrogen-bond acceptors (Lipinski definition) is 2. The van der Waals surface area contributed by atoms with Crippen molar-refractivity contribution in [3.05, 3.63) is 30.3 Å². The number of benzene rings is 1. The number of para-hydroxylation sites is 1. The molecular weight excluding hydrogens is 258 g/mol. The lowest BCUT2D eigenvalue weighted by molar-refractivity contribution is 0.213. The molecule has 1 aliphatic rings. The van der Waals surface area contributed by atoms with E-state index in [1.165, 1.54) is 32.1 Å². The second-order valence-corrected chi connectivity index (χ2v) is 7.38. The highest BCUT2D eigenvalue weighted by molar-refractivity contribution is 5.20. The van der Waals surface area contributed by atoms with Crippen molar-refractivity contribution in [2.24, 2.45) is 11.3 Å². The maximum atomic E-state index is 5.74. The lowest BCUT2D eigenvalue weighted by Gasteiger charge is -2.29. The summed E-state index contributed by atoms with van der Waals surface area (Å²) in [6.45, 7) is 8.86. The van der Waals surface area contributed by atoms with E-state index in [2.05, 4.69) is 26.1 Å². The summed E-state index contributed by atoms with van der Waals surface area (Å²) in [4.78, 5) is 0. The summed E-state index contributed by atoms with van der Waals surface area (Å²) in [5, 5.41) is 3.68. The van der Waals surface area contributed by atoms with Crippen molar-refractivity contribution in [2.45, 2.75) is 58.9 Å². The summed E-state index contributed by atoms with van der Waals surface area (Å²) in [5.41, 5.74) is 0.464. The number of rotatable bonds is 5. The van der Waals surface area contributed by atoms with Gasteiger partial charge in [-0.3, -0.25) is 0 Å². The van der Waals surface area contributed by atoms with Crippen molar-refractivity contribution >= 4 is 0 Å². The van der Waals surface area contributed by atoms with Gasteiger partial charge in [0.05, 0.1) is 0 Å². The zero-order valence-electron chi connectivity index (χ0n) is 13.9. The van der Waals surface area contributed by atoms with E-state index in [9.17, 15) is 0 Å². The van der Waals surface area contributed by atoms with Crippen LogP contribution < -0.4 is 10.1 Å². The van der Waals surface area contributed by atoms with Gasteiger partial charge < -0.3 is 10.1 Å². The van der Waals surface area contributed by atoms with E-state index in [-0.39, 0.29) is 0 Å². The zero-order valence-corrected chi connectivity index (χ0v) is 13.9. The van der Waals surface area contributed by atoms with Crippen LogP contribution in [-0.2, 0) is 0 Å². The first kappa shape index (κ1) is 16.4. The van der Waals surface area contributed by atoms with E-state index >= 15 is 0 Å². The Hall–Kier alpha value is -1.02. The molecule has 1 fully saturated rings. The molecule has 0 heterocycles. The first-order valence-corrected chi connectivity index (χ1v) is 8.47. The van der Waals surface area contributed by atoms with Crippen LogP contribution in [0.2, 0.25) is 0 Å². The van der Waals surface area contributed by atoms with Gasteiger partial charge in [0.2, 0.25) is 0 Å². The van der Waals surface area contributed by atoms with Crippen molar-refractivity contribution in [1.29, 1.82) is 0 Å². The lowest BCUT2D eigenvalue weighted by Crippen LogP contribution is -2.32. The first-order chi connectivity index (χ1) is 10.1. The van der Waals surface area contributed by atoms with E-state index in [4.69, 9.17) is 4.74 Å². The minimum Gasteiger partial charge on any atom is -0.492 e. The minimum absolute atomic E-state index is 0.464. The summed E-state index contributed by atoms with van der Waals surface area (Å²) in [6.07, 6.45) is 6.74. The van der Waals surface area contributed by atoms with Gasteiger partial charge in [-0.25, -0.2) is 0 Å². The Morgan fingerprint density at radius 2 is 1.81 bits per heavy atom. The highest BCUT2D eigenvalue weighted by Gasteiger charge is 2.27. The average molecular weight is 289 g/mol. The third-order valence-electron chi connectivity index (χ3n) is 4.74. The second kappa shape index (κ2) is 7.84. The molecule has 2 atom stereocenters. The Balaban J connectivity index is 1.65. The predicted molar refractivity (Wildman–Crippen MR) is 89.8 cm³/mol. The molecule has 0 aliphatic heterocycles. The molecule has 0 radical (unpaired) electrons. The highest BCUT2D eigenvalue weighted by atomic mass is 16.5.